The van der Waals surface area contributed by atoms with Gasteiger partial charge >= 0.3 is 0 Å². The summed E-state index contributed by atoms with van der Waals surface area (Å²) in [5.41, 5.74) is 1.56. The third kappa shape index (κ3) is 4.74. The summed E-state index contributed by atoms with van der Waals surface area (Å²) >= 11 is 1.59. The summed E-state index contributed by atoms with van der Waals surface area (Å²) in [6, 6.07) is 10.7. The van der Waals surface area contributed by atoms with E-state index in [0.29, 0.717) is 5.56 Å². The van der Waals surface area contributed by atoms with Gasteiger partial charge in [-0.05, 0) is 25.5 Å². The van der Waals surface area contributed by atoms with E-state index in [1.807, 2.05) is 50.2 Å². The molecule has 1 heterocycles. The molecule has 1 atom stereocenters. The summed E-state index contributed by atoms with van der Waals surface area (Å²) < 4.78 is 0. The minimum Gasteiger partial charge on any atom is -0.394 e. The fourth-order valence-corrected chi connectivity index (χ4v) is 3.40. The van der Waals surface area contributed by atoms with E-state index in [4.69, 9.17) is 0 Å². The van der Waals surface area contributed by atoms with Crippen LogP contribution in [-0.2, 0) is 4.79 Å². The van der Waals surface area contributed by atoms with Gasteiger partial charge in [0.05, 0.1) is 12.6 Å². The van der Waals surface area contributed by atoms with Crippen molar-refractivity contribution in [3.63, 3.8) is 0 Å². The number of aryl methyl sites for hydroxylation is 2. The first-order valence-electron chi connectivity index (χ1n) is 7.56. The van der Waals surface area contributed by atoms with Crippen LogP contribution >= 0.6 is 11.3 Å². The van der Waals surface area contributed by atoms with E-state index in [1.165, 1.54) is 0 Å². The molecule has 1 unspecified atom stereocenters. The lowest BCUT2D eigenvalue weighted by Gasteiger charge is -2.16. The van der Waals surface area contributed by atoms with Gasteiger partial charge in [-0.1, -0.05) is 30.3 Å². The van der Waals surface area contributed by atoms with Gasteiger partial charge in [0.25, 0.3) is 0 Å². The predicted octanol–water partition coefficient (Wildman–Crippen LogP) is 3.18. The van der Waals surface area contributed by atoms with Crippen LogP contribution in [0.5, 0.6) is 0 Å². The zero-order valence-corrected chi connectivity index (χ0v) is 14.2. The Bertz CT molecular complexity index is 679. The second kappa shape index (κ2) is 8.04. The molecule has 2 rings (SSSR count). The third-order valence-corrected chi connectivity index (χ3v) is 4.61. The first kappa shape index (κ1) is 17.4. The zero-order chi connectivity index (χ0) is 16.8. The van der Waals surface area contributed by atoms with Crippen molar-refractivity contribution in [3.05, 3.63) is 57.3 Å². The van der Waals surface area contributed by atoms with E-state index >= 15 is 0 Å². The van der Waals surface area contributed by atoms with E-state index in [1.54, 1.807) is 11.3 Å². The Labute approximate surface area is 140 Å². The molecule has 0 aliphatic heterocycles. The molecule has 0 radical (unpaired) electrons. The fraction of sp³-hybridized carbons (Fsp3) is 0.333. The number of amides is 1. The van der Waals surface area contributed by atoms with Crippen molar-refractivity contribution in [2.75, 3.05) is 6.61 Å². The SMILES string of the molecule is Cc1cc(C(=O)CCC(=O)NC(CO)c2ccccc2)c(C)s1. The number of Topliss-reactive ketones (excluding diaryl/α,β-unsaturated/α-hetero) is 1. The van der Waals surface area contributed by atoms with Gasteiger partial charge in [-0.2, -0.15) is 0 Å². The number of nitrogens with one attached hydrogen (secondary N) is 1. The number of benzene rings is 1. The molecule has 2 N–H and O–H groups in total. The number of aliphatic hydroxyl groups is 1. The maximum Gasteiger partial charge on any atom is 0.221 e. The van der Waals surface area contributed by atoms with Crippen LogP contribution in [0.25, 0.3) is 0 Å². The molecular weight excluding hydrogens is 310 g/mol. The minimum atomic E-state index is -0.441. The Morgan fingerprint density at radius 3 is 2.43 bits per heavy atom. The molecule has 5 heteroatoms. The number of hydrogen-bond donors (Lipinski definition) is 2. The maximum atomic E-state index is 12.2. The number of aliphatic hydroxyl groups excluding tert-OH is 1. The fourth-order valence-electron chi connectivity index (χ4n) is 2.46. The van der Waals surface area contributed by atoms with E-state index in [9.17, 15) is 14.7 Å². The monoisotopic (exact) mass is 331 g/mol. The summed E-state index contributed by atoms with van der Waals surface area (Å²) in [7, 11) is 0. The van der Waals surface area contributed by atoms with E-state index in [0.717, 1.165) is 15.3 Å². The summed E-state index contributed by atoms with van der Waals surface area (Å²) in [5, 5.41) is 12.2. The molecule has 0 fully saturated rings. The van der Waals surface area contributed by atoms with Crippen LogP contribution < -0.4 is 5.32 Å². The number of ketones is 1. The smallest absolute Gasteiger partial charge is 0.221 e. The number of hydrogen-bond acceptors (Lipinski definition) is 4. The number of thiophene rings is 1. The Morgan fingerprint density at radius 1 is 1.17 bits per heavy atom. The number of carbonyl (C=O) groups excluding carboxylic acids is 2. The van der Waals surface area contributed by atoms with Crippen molar-refractivity contribution in [2.24, 2.45) is 0 Å². The average Bonchev–Trinajstić information content (AvgIpc) is 2.89. The highest BCUT2D eigenvalue weighted by molar-refractivity contribution is 7.12. The van der Waals surface area contributed by atoms with Crippen molar-refractivity contribution in [2.45, 2.75) is 32.7 Å². The second-order valence-corrected chi connectivity index (χ2v) is 6.92. The first-order chi connectivity index (χ1) is 11.0. The Balaban J connectivity index is 1.89. The summed E-state index contributed by atoms with van der Waals surface area (Å²) in [6.45, 7) is 3.71. The third-order valence-electron chi connectivity index (χ3n) is 3.64. The predicted molar refractivity (Wildman–Crippen MR) is 91.8 cm³/mol. The van der Waals surface area contributed by atoms with E-state index in [2.05, 4.69) is 5.32 Å². The summed E-state index contributed by atoms with van der Waals surface area (Å²) in [6.07, 6.45) is 0.298. The van der Waals surface area contributed by atoms with Crippen LogP contribution in [0.4, 0.5) is 0 Å². The topological polar surface area (TPSA) is 66.4 Å². The molecule has 1 aromatic heterocycles. The van der Waals surface area contributed by atoms with Gasteiger partial charge < -0.3 is 10.4 Å². The first-order valence-corrected chi connectivity index (χ1v) is 8.38. The standard InChI is InChI=1S/C18H21NO3S/c1-12-10-15(13(2)23-12)17(21)8-9-18(22)19-16(11-20)14-6-4-3-5-7-14/h3-7,10,16,20H,8-9,11H2,1-2H3,(H,19,22). The molecule has 0 aliphatic carbocycles. The molecule has 0 saturated heterocycles. The molecular formula is C18H21NO3S. The second-order valence-electron chi connectivity index (χ2n) is 5.46. The van der Waals surface area contributed by atoms with Crippen molar-refractivity contribution in [3.8, 4) is 0 Å². The molecule has 1 amide bonds. The lowest BCUT2D eigenvalue weighted by molar-refractivity contribution is -0.122. The highest BCUT2D eigenvalue weighted by Crippen LogP contribution is 2.22. The van der Waals surface area contributed by atoms with Gasteiger partial charge in [0.15, 0.2) is 5.78 Å². The van der Waals surface area contributed by atoms with Crippen LogP contribution in [0.3, 0.4) is 0 Å². The maximum absolute atomic E-state index is 12.2. The van der Waals surface area contributed by atoms with Crippen LogP contribution in [0.1, 0.15) is 44.6 Å². The van der Waals surface area contributed by atoms with Crippen molar-refractivity contribution in [1.29, 1.82) is 0 Å². The lowest BCUT2D eigenvalue weighted by Crippen LogP contribution is -2.30. The molecule has 4 nitrogen and oxygen atoms in total. The quantitative estimate of drug-likeness (QED) is 0.766. The largest absolute Gasteiger partial charge is 0.394 e. The average molecular weight is 331 g/mol. The van der Waals surface area contributed by atoms with Gasteiger partial charge in [0.2, 0.25) is 5.91 Å². The van der Waals surface area contributed by atoms with Crippen LogP contribution in [0.2, 0.25) is 0 Å². The zero-order valence-electron chi connectivity index (χ0n) is 13.3. The normalized spacial score (nSPS) is 12.0. The molecule has 0 bridgehead atoms. The molecule has 122 valence electrons. The van der Waals surface area contributed by atoms with Gasteiger partial charge in [0, 0.05) is 28.2 Å². The molecule has 1 aromatic carbocycles. The van der Waals surface area contributed by atoms with Gasteiger partial charge in [-0.15, -0.1) is 11.3 Å². The molecule has 0 aliphatic rings. The van der Waals surface area contributed by atoms with Crippen molar-refractivity contribution >= 4 is 23.0 Å². The van der Waals surface area contributed by atoms with Gasteiger partial charge in [0.1, 0.15) is 0 Å². The molecule has 2 aromatic rings. The molecule has 0 saturated carbocycles. The van der Waals surface area contributed by atoms with E-state index in [-0.39, 0.29) is 31.1 Å². The Morgan fingerprint density at radius 2 is 1.87 bits per heavy atom. The van der Waals surface area contributed by atoms with Crippen molar-refractivity contribution < 1.29 is 14.7 Å². The lowest BCUT2D eigenvalue weighted by atomic mass is 10.1. The van der Waals surface area contributed by atoms with Crippen molar-refractivity contribution in [1.82, 2.24) is 5.32 Å². The summed E-state index contributed by atoms with van der Waals surface area (Å²) in [5.74, 6) is -0.242. The summed E-state index contributed by atoms with van der Waals surface area (Å²) in [4.78, 5) is 26.3. The van der Waals surface area contributed by atoms with Gasteiger partial charge in [-0.3, -0.25) is 9.59 Å². The number of rotatable bonds is 7. The Hall–Kier alpha value is -1.98. The molecule has 0 spiro atoms. The highest BCUT2D eigenvalue weighted by Gasteiger charge is 2.16. The van der Waals surface area contributed by atoms with Crippen LogP contribution in [0.15, 0.2) is 36.4 Å². The van der Waals surface area contributed by atoms with Crippen LogP contribution in [-0.4, -0.2) is 23.4 Å². The Kier molecular flexibility index (Phi) is 6.07. The highest BCUT2D eigenvalue weighted by atomic mass is 32.1. The van der Waals surface area contributed by atoms with Gasteiger partial charge in [-0.25, -0.2) is 0 Å². The number of carbonyl (C=O) groups is 2. The molecule has 23 heavy (non-hydrogen) atoms. The van der Waals surface area contributed by atoms with E-state index < -0.39 is 6.04 Å². The van der Waals surface area contributed by atoms with Crippen LogP contribution in [0, 0.1) is 13.8 Å². The minimum absolute atomic E-state index is 0.0118.